The molecule has 0 aliphatic rings. The first-order valence-corrected chi connectivity index (χ1v) is 5.96. The minimum atomic E-state index is 0.820. The van der Waals surface area contributed by atoms with Crippen LogP contribution in [0.2, 0.25) is 0 Å². The normalized spacial score (nSPS) is 10.7. The van der Waals surface area contributed by atoms with Crippen molar-refractivity contribution >= 4 is 0 Å². The monoisotopic (exact) mass is 230 g/mol. The first-order valence-electron chi connectivity index (χ1n) is 5.96. The van der Waals surface area contributed by atoms with Gasteiger partial charge >= 0.3 is 0 Å². The molecule has 0 saturated heterocycles. The molecule has 2 aromatic heterocycles. The Morgan fingerprint density at radius 1 is 1.29 bits per heavy atom. The highest BCUT2D eigenvalue weighted by molar-refractivity contribution is 5.29. The Labute approximate surface area is 102 Å². The summed E-state index contributed by atoms with van der Waals surface area (Å²) in [6.45, 7) is 5.99. The standard InChI is InChI=1S/C13H18N4/c1-3-6-14-7-12-9-17(10-16-12)13-5-4-11(2)15-8-13/h4-5,8-10,14H,3,6-7H2,1-2H3. The van der Waals surface area contributed by atoms with Crippen LogP contribution in [0.1, 0.15) is 24.7 Å². The molecule has 0 spiro atoms. The molecule has 4 heteroatoms. The number of hydrogen-bond acceptors (Lipinski definition) is 3. The number of nitrogens with one attached hydrogen (secondary N) is 1. The molecule has 2 aromatic rings. The molecule has 0 radical (unpaired) electrons. The molecule has 0 aliphatic heterocycles. The molecule has 0 aromatic carbocycles. The highest BCUT2D eigenvalue weighted by Crippen LogP contribution is 2.07. The summed E-state index contributed by atoms with van der Waals surface area (Å²) in [6.07, 6.45) is 6.87. The van der Waals surface area contributed by atoms with E-state index in [1.165, 1.54) is 0 Å². The average Bonchev–Trinajstić information content (AvgIpc) is 2.79. The number of aryl methyl sites for hydroxylation is 1. The van der Waals surface area contributed by atoms with Crippen LogP contribution in [0, 0.1) is 6.92 Å². The molecule has 0 bridgehead atoms. The van der Waals surface area contributed by atoms with Crippen LogP contribution >= 0.6 is 0 Å². The van der Waals surface area contributed by atoms with E-state index in [0.717, 1.165) is 36.6 Å². The third kappa shape index (κ3) is 3.14. The first kappa shape index (κ1) is 11.8. The molecular weight excluding hydrogens is 212 g/mol. The van der Waals surface area contributed by atoms with Crippen molar-refractivity contribution in [3.8, 4) is 5.69 Å². The minimum Gasteiger partial charge on any atom is -0.311 e. The van der Waals surface area contributed by atoms with Crippen LogP contribution in [-0.4, -0.2) is 21.1 Å². The molecule has 17 heavy (non-hydrogen) atoms. The Kier molecular flexibility index (Phi) is 3.88. The van der Waals surface area contributed by atoms with Crippen molar-refractivity contribution in [3.05, 3.63) is 42.2 Å². The largest absolute Gasteiger partial charge is 0.311 e. The summed E-state index contributed by atoms with van der Waals surface area (Å²) in [4.78, 5) is 8.64. The van der Waals surface area contributed by atoms with Crippen LogP contribution in [-0.2, 0) is 6.54 Å². The van der Waals surface area contributed by atoms with E-state index in [4.69, 9.17) is 0 Å². The molecule has 90 valence electrons. The summed E-state index contributed by atoms with van der Waals surface area (Å²) in [7, 11) is 0. The Hall–Kier alpha value is -1.68. The number of rotatable bonds is 5. The summed E-state index contributed by atoms with van der Waals surface area (Å²) < 4.78 is 2.00. The van der Waals surface area contributed by atoms with E-state index in [2.05, 4.69) is 22.2 Å². The smallest absolute Gasteiger partial charge is 0.0996 e. The Morgan fingerprint density at radius 2 is 2.18 bits per heavy atom. The summed E-state index contributed by atoms with van der Waals surface area (Å²) in [5.74, 6) is 0. The van der Waals surface area contributed by atoms with E-state index in [9.17, 15) is 0 Å². The van der Waals surface area contributed by atoms with Gasteiger partial charge in [0.1, 0.15) is 0 Å². The lowest BCUT2D eigenvalue weighted by atomic mass is 10.3. The second kappa shape index (κ2) is 5.59. The Morgan fingerprint density at radius 3 is 2.88 bits per heavy atom. The van der Waals surface area contributed by atoms with E-state index in [1.807, 2.05) is 42.3 Å². The maximum atomic E-state index is 4.36. The zero-order valence-electron chi connectivity index (χ0n) is 10.3. The highest BCUT2D eigenvalue weighted by atomic mass is 15.1. The Bertz CT molecular complexity index is 459. The van der Waals surface area contributed by atoms with Gasteiger partial charge in [-0.3, -0.25) is 4.98 Å². The Balaban J connectivity index is 2.04. The van der Waals surface area contributed by atoms with Gasteiger partial charge in [0, 0.05) is 18.4 Å². The summed E-state index contributed by atoms with van der Waals surface area (Å²) in [6, 6.07) is 4.05. The fraction of sp³-hybridized carbons (Fsp3) is 0.385. The van der Waals surface area contributed by atoms with Crippen molar-refractivity contribution in [2.75, 3.05) is 6.54 Å². The van der Waals surface area contributed by atoms with Gasteiger partial charge in [-0.2, -0.15) is 0 Å². The van der Waals surface area contributed by atoms with Gasteiger partial charge in [0.15, 0.2) is 0 Å². The summed E-state index contributed by atoms with van der Waals surface area (Å²) in [5, 5.41) is 3.33. The summed E-state index contributed by atoms with van der Waals surface area (Å²) in [5.41, 5.74) is 3.13. The molecule has 4 nitrogen and oxygen atoms in total. The predicted octanol–water partition coefficient (Wildman–Crippen LogP) is 2.08. The van der Waals surface area contributed by atoms with Crippen molar-refractivity contribution in [3.63, 3.8) is 0 Å². The van der Waals surface area contributed by atoms with Crippen LogP contribution in [0.4, 0.5) is 0 Å². The lowest BCUT2D eigenvalue weighted by Gasteiger charge is -2.01. The van der Waals surface area contributed by atoms with Crippen molar-refractivity contribution in [1.82, 2.24) is 19.9 Å². The summed E-state index contributed by atoms with van der Waals surface area (Å²) >= 11 is 0. The fourth-order valence-electron chi connectivity index (χ4n) is 1.60. The second-order valence-corrected chi connectivity index (χ2v) is 4.11. The number of aromatic nitrogens is 3. The van der Waals surface area contributed by atoms with Crippen LogP contribution < -0.4 is 5.32 Å². The molecule has 2 rings (SSSR count). The van der Waals surface area contributed by atoms with Gasteiger partial charge in [0.2, 0.25) is 0 Å². The van der Waals surface area contributed by atoms with Crippen molar-refractivity contribution in [1.29, 1.82) is 0 Å². The van der Waals surface area contributed by atoms with Gasteiger partial charge in [-0.1, -0.05) is 6.92 Å². The second-order valence-electron chi connectivity index (χ2n) is 4.11. The lowest BCUT2D eigenvalue weighted by Crippen LogP contribution is -2.13. The van der Waals surface area contributed by atoms with Gasteiger partial charge < -0.3 is 9.88 Å². The quantitative estimate of drug-likeness (QED) is 0.800. The SMILES string of the molecule is CCCNCc1cn(-c2ccc(C)nc2)cn1. The van der Waals surface area contributed by atoms with E-state index in [1.54, 1.807) is 0 Å². The zero-order valence-corrected chi connectivity index (χ0v) is 10.3. The third-order valence-electron chi connectivity index (χ3n) is 2.56. The van der Waals surface area contributed by atoms with Crippen LogP contribution in [0.5, 0.6) is 0 Å². The first-order chi connectivity index (χ1) is 8.29. The minimum absolute atomic E-state index is 0.820. The van der Waals surface area contributed by atoms with Gasteiger partial charge in [-0.05, 0) is 32.0 Å². The van der Waals surface area contributed by atoms with Gasteiger partial charge in [-0.15, -0.1) is 0 Å². The number of pyridine rings is 1. The average molecular weight is 230 g/mol. The van der Waals surface area contributed by atoms with Crippen LogP contribution in [0.15, 0.2) is 30.9 Å². The molecule has 0 saturated carbocycles. The molecule has 0 atom stereocenters. The highest BCUT2D eigenvalue weighted by Gasteiger charge is 2.00. The molecule has 0 aliphatic carbocycles. The van der Waals surface area contributed by atoms with E-state index in [0.29, 0.717) is 0 Å². The molecule has 0 amide bonds. The van der Waals surface area contributed by atoms with Crippen LogP contribution in [0.3, 0.4) is 0 Å². The maximum Gasteiger partial charge on any atom is 0.0996 e. The topological polar surface area (TPSA) is 42.7 Å². The number of hydrogen-bond donors (Lipinski definition) is 1. The van der Waals surface area contributed by atoms with Crippen molar-refractivity contribution < 1.29 is 0 Å². The van der Waals surface area contributed by atoms with Gasteiger partial charge in [-0.25, -0.2) is 4.98 Å². The molecule has 1 N–H and O–H groups in total. The van der Waals surface area contributed by atoms with E-state index < -0.39 is 0 Å². The van der Waals surface area contributed by atoms with Crippen LogP contribution in [0.25, 0.3) is 5.69 Å². The molecule has 0 unspecified atom stereocenters. The maximum absolute atomic E-state index is 4.36. The molecular formula is C13H18N4. The van der Waals surface area contributed by atoms with E-state index in [-0.39, 0.29) is 0 Å². The van der Waals surface area contributed by atoms with Crippen molar-refractivity contribution in [2.45, 2.75) is 26.8 Å². The zero-order chi connectivity index (χ0) is 12.1. The third-order valence-corrected chi connectivity index (χ3v) is 2.56. The molecule has 0 fully saturated rings. The number of imidazole rings is 1. The molecule has 2 heterocycles. The fourth-order valence-corrected chi connectivity index (χ4v) is 1.60. The van der Waals surface area contributed by atoms with E-state index >= 15 is 0 Å². The number of nitrogens with zero attached hydrogens (tertiary/aromatic N) is 3. The van der Waals surface area contributed by atoms with Gasteiger partial charge in [0.05, 0.1) is 23.9 Å². The van der Waals surface area contributed by atoms with Crippen molar-refractivity contribution in [2.24, 2.45) is 0 Å². The lowest BCUT2D eigenvalue weighted by molar-refractivity contribution is 0.666. The van der Waals surface area contributed by atoms with Gasteiger partial charge in [0.25, 0.3) is 0 Å². The predicted molar refractivity (Wildman–Crippen MR) is 68.1 cm³/mol.